The number of rotatable bonds is 7. The molecule has 1 aromatic heterocycles. The van der Waals surface area contributed by atoms with Crippen molar-refractivity contribution >= 4 is 28.8 Å². The lowest BCUT2D eigenvalue weighted by atomic mass is 9.71. The molecule has 2 atom stereocenters. The zero-order chi connectivity index (χ0) is 23.0. The number of aromatic nitrogens is 1. The Hall–Kier alpha value is -3.90. The molecular formula is C27H24N2O4. The Morgan fingerprint density at radius 2 is 1.82 bits per heavy atom. The van der Waals surface area contributed by atoms with E-state index in [1.165, 1.54) is 0 Å². The highest BCUT2D eigenvalue weighted by Gasteiger charge is 2.55. The molecule has 2 N–H and O–H groups in total. The number of fused-ring (bicyclic) bond motifs is 2. The fraction of sp³-hybridized carbons (Fsp3) is 0.185. The number of ether oxygens (including phenoxy) is 2. The van der Waals surface area contributed by atoms with Crippen LogP contribution in [0.25, 0.3) is 10.9 Å². The minimum absolute atomic E-state index is 0.173. The van der Waals surface area contributed by atoms with Crippen LogP contribution < -0.4 is 10.1 Å². The lowest BCUT2D eigenvalue weighted by Crippen LogP contribution is -2.48. The van der Waals surface area contributed by atoms with E-state index in [4.69, 9.17) is 9.47 Å². The molecule has 0 spiro atoms. The van der Waals surface area contributed by atoms with Gasteiger partial charge in [0, 0.05) is 28.4 Å². The summed E-state index contributed by atoms with van der Waals surface area (Å²) in [5.74, 6) is 0.456. The predicted molar refractivity (Wildman–Crippen MR) is 127 cm³/mol. The van der Waals surface area contributed by atoms with Crippen LogP contribution in [0.3, 0.4) is 0 Å². The fourth-order valence-corrected chi connectivity index (χ4v) is 4.72. The maximum atomic E-state index is 13.7. The summed E-state index contributed by atoms with van der Waals surface area (Å²) in [5, 5.41) is 3.85. The van der Waals surface area contributed by atoms with Crippen LogP contribution >= 0.6 is 0 Å². The van der Waals surface area contributed by atoms with Gasteiger partial charge in [0.1, 0.15) is 17.3 Å². The molecule has 1 aliphatic heterocycles. The minimum Gasteiger partial charge on any atom is -0.497 e. The minimum atomic E-state index is -1.32. The van der Waals surface area contributed by atoms with Crippen LogP contribution in [0, 0.1) is 6.92 Å². The normalized spacial score (nSPS) is 18.1. The van der Waals surface area contributed by atoms with E-state index in [1.807, 2.05) is 79.9 Å². The SMILES string of the molecule is COc1ccc(COC(C=O)C2(c3c[nH]c4cc(C)ccc34)C(=O)Nc3ccccc32)cc1. The van der Waals surface area contributed by atoms with Gasteiger partial charge in [-0.2, -0.15) is 0 Å². The topological polar surface area (TPSA) is 80.4 Å². The second-order valence-corrected chi connectivity index (χ2v) is 8.27. The number of amides is 1. The molecule has 0 saturated heterocycles. The van der Waals surface area contributed by atoms with Crippen LogP contribution in [-0.2, 0) is 26.3 Å². The van der Waals surface area contributed by atoms with Crippen molar-refractivity contribution in [2.24, 2.45) is 0 Å². The average Bonchev–Trinajstić information content (AvgIpc) is 3.38. The second-order valence-electron chi connectivity index (χ2n) is 8.27. The molecule has 2 unspecified atom stereocenters. The highest BCUT2D eigenvalue weighted by molar-refractivity contribution is 6.13. The summed E-state index contributed by atoms with van der Waals surface area (Å²) in [7, 11) is 1.61. The van der Waals surface area contributed by atoms with Crippen LogP contribution in [0.2, 0.25) is 0 Å². The largest absolute Gasteiger partial charge is 0.497 e. The highest BCUT2D eigenvalue weighted by atomic mass is 16.5. The van der Waals surface area contributed by atoms with Crippen LogP contribution in [-0.4, -0.2) is 30.4 Å². The van der Waals surface area contributed by atoms with Crippen molar-refractivity contribution < 1.29 is 19.1 Å². The number of nitrogens with one attached hydrogen (secondary N) is 2. The van der Waals surface area contributed by atoms with Crippen molar-refractivity contribution in [3.8, 4) is 5.75 Å². The molecule has 1 amide bonds. The zero-order valence-electron chi connectivity index (χ0n) is 18.4. The average molecular weight is 440 g/mol. The number of para-hydroxylation sites is 1. The highest BCUT2D eigenvalue weighted by Crippen LogP contribution is 2.48. The number of H-pyrrole nitrogens is 1. The lowest BCUT2D eigenvalue weighted by molar-refractivity contribution is -0.133. The zero-order valence-corrected chi connectivity index (χ0v) is 18.4. The Morgan fingerprint density at radius 3 is 2.58 bits per heavy atom. The third-order valence-electron chi connectivity index (χ3n) is 6.36. The summed E-state index contributed by atoms with van der Waals surface area (Å²) in [6.45, 7) is 2.19. The Balaban J connectivity index is 1.63. The smallest absolute Gasteiger partial charge is 0.242 e. The molecule has 6 heteroatoms. The van der Waals surface area contributed by atoms with E-state index < -0.39 is 11.5 Å². The summed E-state index contributed by atoms with van der Waals surface area (Å²) < 4.78 is 11.4. The first kappa shape index (κ1) is 21.0. The number of hydrogen-bond donors (Lipinski definition) is 2. The molecule has 33 heavy (non-hydrogen) atoms. The first-order chi connectivity index (χ1) is 16.1. The summed E-state index contributed by atoms with van der Waals surface area (Å²) in [6, 6.07) is 20.9. The monoisotopic (exact) mass is 440 g/mol. The van der Waals surface area contributed by atoms with Gasteiger partial charge in [-0.05, 0) is 47.9 Å². The maximum absolute atomic E-state index is 13.7. The van der Waals surface area contributed by atoms with Crippen LogP contribution in [0.1, 0.15) is 22.3 Å². The Bertz CT molecular complexity index is 1340. The number of aromatic amines is 1. The molecule has 0 aliphatic carbocycles. The standard InChI is InChI=1S/C27H24N2O4/c1-17-7-12-20-22(14-28-24(20)13-17)27(21-5-3-4-6-23(21)29-26(27)31)25(15-30)33-16-18-8-10-19(32-2)11-9-18/h3-15,25,28H,16H2,1-2H3,(H,29,31). The van der Waals surface area contributed by atoms with Gasteiger partial charge in [-0.1, -0.05) is 42.5 Å². The van der Waals surface area contributed by atoms with E-state index in [0.717, 1.165) is 39.6 Å². The van der Waals surface area contributed by atoms with Gasteiger partial charge < -0.3 is 24.6 Å². The molecule has 0 saturated carbocycles. The molecular weight excluding hydrogens is 416 g/mol. The van der Waals surface area contributed by atoms with Gasteiger partial charge in [-0.3, -0.25) is 4.79 Å². The Labute approximate surface area is 191 Å². The van der Waals surface area contributed by atoms with E-state index in [1.54, 1.807) is 7.11 Å². The van der Waals surface area contributed by atoms with E-state index in [-0.39, 0.29) is 12.5 Å². The van der Waals surface area contributed by atoms with Gasteiger partial charge in [0.05, 0.1) is 13.7 Å². The number of aryl methyl sites for hydroxylation is 1. The molecule has 166 valence electrons. The van der Waals surface area contributed by atoms with Gasteiger partial charge in [0.25, 0.3) is 0 Å². The molecule has 4 aromatic rings. The fourth-order valence-electron chi connectivity index (χ4n) is 4.72. The van der Waals surface area contributed by atoms with Crippen molar-refractivity contribution in [2.45, 2.75) is 25.0 Å². The maximum Gasteiger partial charge on any atom is 0.242 e. The third kappa shape index (κ3) is 3.31. The number of benzene rings is 3. The molecule has 6 nitrogen and oxygen atoms in total. The van der Waals surface area contributed by atoms with E-state index >= 15 is 0 Å². The van der Waals surface area contributed by atoms with Gasteiger partial charge in [0.2, 0.25) is 5.91 Å². The Kier molecular flexibility index (Phi) is 5.23. The number of methoxy groups -OCH3 is 1. The number of anilines is 1. The predicted octanol–water partition coefficient (Wildman–Crippen LogP) is 4.51. The first-order valence-electron chi connectivity index (χ1n) is 10.8. The molecule has 3 aromatic carbocycles. The van der Waals surface area contributed by atoms with Crippen LogP contribution in [0.5, 0.6) is 5.75 Å². The van der Waals surface area contributed by atoms with E-state index in [9.17, 15) is 9.59 Å². The van der Waals surface area contributed by atoms with Gasteiger partial charge in [-0.25, -0.2) is 0 Å². The van der Waals surface area contributed by atoms with Gasteiger partial charge in [-0.15, -0.1) is 0 Å². The van der Waals surface area contributed by atoms with Gasteiger partial charge >= 0.3 is 0 Å². The molecule has 1 aliphatic rings. The number of aldehydes is 1. The third-order valence-corrected chi connectivity index (χ3v) is 6.36. The van der Waals surface area contributed by atoms with E-state index in [0.29, 0.717) is 11.3 Å². The quantitative estimate of drug-likeness (QED) is 0.415. The number of carbonyl (C=O) groups is 2. The van der Waals surface area contributed by atoms with E-state index in [2.05, 4.69) is 10.3 Å². The van der Waals surface area contributed by atoms with Crippen molar-refractivity contribution in [3.63, 3.8) is 0 Å². The van der Waals surface area contributed by atoms with Crippen molar-refractivity contribution in [2.75, 3.05) is 12.4 Å². The summed E-state index contributed by atoms with van der Waals surface area (Å²) in [5.41, 5.74) is 3.68. The summed E-state index contributed by atoms with van der Waals surface area (Å²) in [6.07, 6.45) is 1.51. The molecule has 0 radical (unpaired) electrons. The lowest BCUT2D eigenvalue weighted by Gasteiger charge is -2.32. The van der Waals surface area contributed by atoms with Crippen molar-refractivity contribution in [3.05, 3.63) is 95.2 Å². The molecule has 0 fully saturated rings. The number of carbonyl (C=O) groups excluding carboxylic acids is 2. The van der Waals surface area contributed by atoms with Crippen LogP contribution in [0.15, 0.2) is 72.9 Å². The second kappa shape index (κ2) is 8.22. The Morgan fingerprint density at radius 1 is 1.03 bits per heavy atom. The summed E-state index contributed by atoms with van der Waals surface area (Å²) in [4.78, 5) is 29.5. The van der Waals surface area contributed by atoms with Crippen molar-refractivity contribution in [1.29, 1.82) is 0 Å². The number of hydrogen-bond acceptors (Lipinski definition) is 4. The van der Waals surface area contributed by atoms with Crippen molar-refractivity contribution in [1.82, 2.24) is 4.98 Å². The molecule has 2 heterocycles. The molecule has 0 bridgehead atoms. The first-order valence-corrected chi connectivity index (χ1v) is 10.8. The summed E-state index contributed by atoms with van der Waals surface area (Å²) >= 11 is 0. The van der Waals surface area contributed by atoms with Gasteiger partial charge in [0.15, 0.2) is 6.29 Å². The van der Waals surface area contributed by atoms with Crippen LogP contribution in [0.4, 0.5) is 5.69 Å². The molecule has 5 rings (SSSR count).